The number of hydrogen-bond acceptors (Lipinski definition) is 4. The molecule has 5 nitrogen and oxygen atoms in total. The summed E-state index contributed by atoms with van der Waals surface area (Å²) in [6.07, 6.45) is 1.84. The number of nitrogens with zero attached hydrogens (tertiary/aromatic N) is 1. The van der Waals surface area contributed by atoms with E-state index in [2.05, 4.69) is 10.3 Å². The molecule has 0 aliphatic carbocycles. The number of aryl methyl sites for hydroxylation is 1. The molecule has 0 aromatic carbocycles. The molecule has 0 aliphatic heterocycles. The van der Waals surface area contributed by atoms with Gasteiger partial charge in [0.2, 0.25) is 0 Å². The molecular formula is C9H14N2O3. The monoisotopic (exact) mass is 198 g/mol. The van der Waals surface area contributed by atoms with Crippen LogP contribution in [0.5, 0.6) is 0 Å². The van der Waals surface area contributed by atoms with Crippen molar-refractivity contribution in [3.8, 4) is 0 Å². The first-order valence-electron chi connectivity index (χ1n) is 4.54. The van der Waals surface area contributed by atoms with Crippen molar-refractivity contribution in [2.75, 3.05) is 13.2 Å². The molecule has 1 heterocycles. The van der Waals surface area contributed by atoms with Crippen LogP contribution in [-0.2, 0) is 11.2 Å². The van der Waals surface area contributed by atoms with Crippen LogP contribution < -0.4 is 5.32 Å². The molecule has 0 spiro atoms. The number of nitrogens with one attached hydrogen (secondary N) is 1. The Balaban J connectivity index is 2.18. The molecule has 1 aromatic heterocycles. The van der Waals surface area contributed by atoms with Gasteiger partial charge < -0.3 is 14.5 Å². The second-order valence-electron chi connectivity index (χ2n) is 2.76. The largest absolute Gasteiger partial charge is 0.450 e. The summed E-state index contributed by atoms with van der Waals surface area (Å²) in [4.78, 5) is 15.0. The lowest BCUT2D eigenvalue weighted by Gasteiger charge is -2.02. The van der Waals surface area contributed by atoms with Crippen molar-refractivity contribution in [2.45, 2.75) is 20.3 Å². The predicted octanol–water partition coefficient (Wildman–Crippen LogP) is 1.27. The smallest absolute Gasteiger partial charge is 0.407 e. The zero-order valence-corrected chi connectivity index (χ0v) is 8.37. The lowest BCUT2D eigenvalue weighted by Crippen LogP contribution is -2.26. The first-order valence-corrected chi connectivity index (χ1v) is 4.54. The molecule has 0 saturated heterocycles. The Hall–Kier alpha value is -1.52. The van der Waals surface area contributed by atoms with Crippen molar-refractivity contribution in [3.63, 3.8) is 0 Å². The summed E-state index contributed by atoms with van der Waals surface area (Å²) in [6.45, 7) is 4.43. The highest BCUT2D eigenvalue weighted by Crippen LogP contribution is 1.99. The number of carbonyl (C=O) groups is 1. The summed E-state index contributed by atoms with van der Waals surface area (Å²) in [5.41, 5.74) is 0.833. The van der Waals surface area contributed by atoms with Crippen molar-refractivity contribution in [1.82, 2.24) is 10.3 Å². The highest BCUT2D eigenvalue weighted by atomic mass is 16.5. The molecule has 1 aromatic rings. The maximum atomic E-state index is 10.9. The number of amides is 1. The Bertz CT molecular complexity index is 296. The molecule has 0 radical (unpaired) electrons. The van der Waals surface area contributed by atoms with Crippen molar-refractivity contribution < 1.29 is 13.9 Å². The van der Waals surface area contributed by atoms with Crippen LogP contribution in [0.15, 0.2) is 10.7 Å². The minimum absolute atomic E-state index is 0.384. The number of ether oxygens (including phenoxy) is 1. The average molecular weight is 198 g/mol. The zero-order chi connectivity index (χ0) is 10.4. The van der Waals surface area contributed by atoms with E-state index in [1.807, 2.05) is 0 Å². The number of oxazole rings is 1. The SMILES string of the molecule is CCOC(=O)NCCc1coc(C)n1. The molecule has 0 atom stereocenters. The van der Waals surface area contributed by atoms with Gasteiger partial charge in [-0.05, 0) is 6.92 Å². The first kappa shape index (κ1) is 10.6. The standard InChI is InChI=1S/C9H14N2O3/c1-3-13-9(12)10-5-4-8-6-14-7(2)11-8/h6H,3-5H2,1-2H3,(H,10,12). The van der Waals surface area contributed by atoms with E-state index in [0.29, 0.717) is 25.5 Å². The van der Waals surface area contributed by atoms with Gasteiger partial charge in [-0.15, -0.1) is 0 Å². The van der Waals surface area contributed by atoms with Crippen molar-refractivity contribution in [1.29, 1.82) is 0 Å². The van der Waals surface area contributed by atoms with Crippen LogP contribution in [0.25, 0.3) is 0 Å². The minimum Gasteiger partial charge on any atom is -0.450 e. The lowest BCUT2D eigenvalue weighted by molar-refractivity contribution is 0.152. The molecule has 0 aliphatic rings. The summed E-state index contributed by atoms with van der Waals surface area (Å²) < 4.78 is 9.71. The van der Waals surface area contributed by atoms with Crippen LogP contribution in [0, 0.1) is 6.92 Å². The molecule has 14 heavy (non-hydrogen) atoms. The van der Waals surface area contributed by atoms with Crippen molar-refractivity contribution in [3.05, 3.63) is 17.8 Å². The van der Waals surface area contributed by atoms with Gasteiger partial charge in [-0.25, -0.2) is 9.78 Å². The quantitative estimate of drug-likeness (QED) is 0.791. The average Bonchev–Trinajstić information content (AvgIpc) is 2.52. The molecule has 0 saturated carbocycles. The fourth-order valence-corrected chi connectivity index (χ4v) is 0.998. The van der Waals surface area contributed by atoms with Crippen LogP contribution >= 0.6 is 0 Å². The van der Waals surface area contributed by atoms with Crippen LogP contribution in [-0.4, -0.2) is 24.2 Å². The van der Waals surface area contributed by atoms with Crippen LogP contribution in [0.1, 0.15) is 18.5 Å². The molecule has 1 N–H and O–H groups in total. The highest BCUT2D eigenvalue weighted by Gasteiger charge is 2.02. The number of aromatic nitrogens is 1. The maximum Gasteiger partial charge on any atom is 0.407 e. The number of alkyl carbamates (subject to hydrolysis) is 1. The van der Waals surface area contributed by atoms with Gasteiger partial charge >= 0.3 is 6.09 Å². The van der Waals surface area contributed by atoms with Gasteiger partial charge in [-0.2, -0.15) is 0 Å². The van der Waals surface area contributed by atoms with Crippen molar-refractivity contribution in [2.24, 2.45) is 0 Å². The van der Waals surface area contributed by atoms with Gasteiger partial charge in [0.25, 0.3) is 0 Å². The Morgan fingerprint density at radius 2 is 2.50 bits per heavy atom. The predicted molar refractivity (Wildman–Crippen MR) is 50.0 cm³/mol. The number of rotatable bonds is 4. The minimum atomic E-state index is -0.396. The highest BCUT2D eigenvalue weighted by molar-refractivity contribution is 5.66. The molecule has 0 fully saturated rings. The maximum absolute atomic E-state index is 10.9. The summed E-state index contributed by atoms with van der Waals surface area (Å²) in [6, 6.07) is 0. The van der Waals surface area contributed by atoms with E-state index in [1.165, 1.54) is 0 Å². The Kier molecular flexibility index (Phi) is 3.97. The molecule has 1 amide bonds. The van der Waals surface area contributed by atoms with E-state index in [0.717, 1.165) is 5.69 Å². The van der Waals surface area contributed by atoms with Gasteiger partial charge in [-0.3, -0.25) is 0 Å². The first-order chi connectivity index (χ1) is 6.72. The van der Waals surface area contributed by atoms with E-state index >= 15 is 0 Å². The van der Waals surface area contributed by atoms with E-state index < -0.39 is 6.09 Å². The molecule has 1 rings (SSSR count). The normalized spacial score (nSPS) is 9.86. The van der Waals surface area contributed by atoms with Crippen molar-refractivity contribution >= 4 is 6.09 Å². The number of carbonyl (C=O) groups excluding carboxylic acids is 1. The van der Waals surface area contributed by atoms with E-state index in [-0.39, 0.29) is 0 Å². The summed E-state index contributed by atoms with van der Waals surface area (Å²) in [5, 5.41) is 2.60. The third-order valence-electron chi connectivity index (χ3n) is 1.59. The van der Waals surface area contributed by atoms with Gasteiger partial charge in [0, 0.05) is 19.9 Å². The van der Waals surface area contributed by atoms with Crippen LogP contribution in [0.4, 0.5) is 4.79 Å². The molecular weight excluding hydrogens is 184 g/mol. The Morgan fingerprint density at radius 3 is 3.07 bits per heavy atom. The van der Waals surface area contributed by atoms with E-state index in [1.54, 1.807) is 20.1 Å². The zero-order valence-electron chi connectivity index (χ0n) is 8.37. The summed E-state index contributed by atoms with van der Waals surface area (Å²) in [7, 11) is 0. The van der Waals surface area contributed by atoms with Gasteiger partial charge in [0.05, 0.1) is 12.3 Å². The fraction of sp³-hybridized carbons (Fsp3) is 0.556. The van der Waals surface area contributed by atoms with Gasteiger partial charge in [0.1, 0.15) is 6.26 Å². The molecule has 0 unspecified atom stereocenters. The molecule has 0 bridgehead atoms. The number of hydrogen-bond donors (Lipinski definition) is 1. The van der Waals surface area contributed by atoms with Crippen LogP contribution in [0.2, 0.25) is 0 Å². The Morgan fingerprint density at radius 1 is 1.71 bits per heavy atom. The summed E-state index contributed by atoms with van der Waals surface area (Å²) in [5.74, 6) is 0.635. The van der Waals surface area contributed by atoms with Gasteiger partial charge in [-0.1, -0.05) is 0 Å². The topological polar surface area (TPSA) is 64.4 Å². The van der Waals surface area contributed by atoms with E-state index in [9.17, 15) is 4.79 Å². The van der Waals surface area contributed by atoms with Crippen LogP contribution in [0.3, 0.4) is 0 Å². The Labute approximate surface area is 82.5 Å². The summed E-state index contributed by atoms with van der Waals surface area (Å²) >= 11 is 0. The third-order valence-corrected chi connectivity index (χ3v) is 1.59. The van der Waals surface area contributed by atoms with Gasteiger partial charge in [0.15, 0.2) is 5.89 Å². The second-order valence-corrected chi connectivity index (χ2v) is 2.76. The van der Waals surface area contributed by atoms with E-state index in [4.69, 9.17) is 9.15 Å². The third kappa shape index (κ3) is 3.47. The molecule has 5 heteroatoms. The fourth-order valence-electron chi connectivity index (χ4n) is 0.998. The molecule has 78 valence electrons. The second kappa shape index (κ2) is 5.26. The lowest BCUT2D eigenvalue weighted by atomic mass is 10.3.